The van der Waals surface area contributed by atoms with E-state index in [-0.39, 0.29) is 35.4 Å². The topological polar surface area (TPSA) is 85.8 Å². The van der Waals surface area contributed by atoms with Crippen LogP contribution in [-0.2, 0) is 16.6 Å². The van der Waals surface area contributed by atoms with Crippen molar-refractivity contribution in [1.29, 1.82) is 0 Å². The third-order valence-corrected chi connectivity index (χ3v) is 7.05. The molecule has 3 N–H and O–H groups in total. The minimum atomic E-state index is -3.49. The van der Waals surface area contributed by atoms with Gasteiger partial charge in [0.1, 0.15) is 0 Å². The van der Waals surface area contributed by atoms with Gasteiger partial charge in [-0.3, -0.25) is 9.89 Å². The Bertz CT molecular complexity index is 941. The lowest BCUT2D eigenvalue weighted by atomic mass is 9.97. The number of nitrogens with one attached hydrogen (secondary N) is 3. The van der Waals surface area contributed by atoms with Crippen LogP contribution >= 0.6 is 24.0 Å². The Morgan fingerprint density at radius 2 is 1.72 bits per heavy atom. The lowest BCUT2D eigenvalue weighted by molar-refractivity contribution is 0.134. The Labute approximate surface area is 209 Å². The van der Waals surface area contributed by atoms with Crippen LogP contribution in [0.5, 0.6) is 0 Å². The zero-order valence-corrected chi connectivity index (χ0v) is 21.8. The molecule has 0 spiro atoms. The van der Waals surface area contributed by atoms with Gasteiger partial charge < -0.3 is 10.6 Å². The van der Waals surface area contributed by atoms with E-state index in [1.165, 1.54) is 5.56 Å². The van der Waals surface area contributed by atoms with Crippen LogP contribution < -0.4 is 15.4 Å². The third-order valence-electron chi connectivity index (χ3n) is 5.57. The highest BCUT2D eigenvalue weighted by molar-refractivity contribution is 14.0. The third kappa shape index (κ3) is 8.02. The number of benzene rings is 2. The molecule has 0 aromatic heterocycles. The quantitative estimate of drug-likeness (QED) is 0.197. The average Bonchev–Trinajstić information content (AvgIpc) is 2.79. The molecule has 2 atom stereocenters. The van der Waals surface area contributed by atoms with E-state index in [1.54, 1.807) is 37.4 Å². The summed E-state index contributed by atoms with van der Waals surface area (Å²) in [7, 11) is -1.75. The molecule has 1 aliphatic heterocycles. The summed E-state index contributed by atoms with van der Waals surface area (Å²) in [6.45, 7) is 5.01. The predicted molar refractivity (Wildman–Crippen MR) is 141 cm³/mol. The fourth-order valence-electron chi connectivity index (χ4n) is 3.84. The molecular weight excluding hydrogens is 537 g/mol. The summed E-state index contributed by atoms with van der Waals surface area (Å²) in [6, 6.07) is 19.8. The molecule has 1 heterocycles. The molecule has 1 fully saturated rings. The van der Waals surface area contributed by atoms with Crippen molar-refractivity contribution in [3.63, 3.8) is 0 Å². The second-order valence-electron chi connectivity index (χ2n) is 7.88. The number of aliphatic imine (C=N–C) groups is 1. The number of nitrogens with zero attached hydrogens (tertiary/aromatic N) is 2. The Hall–Kier alpha value is -1.69. The van der Waals surface area contributed by atoms with E-state index >= 15 is 0 Å². The summed E-state index contributed by atoms with van der Waals surface area (Å²) in [4.78, 5) is 7.08. The van der Waals surface area contributed by atoms with Crippen LogP contribution in [0.4, 0.5) is 0 Å². The smallest absolute Gasteiger partial charge is 0.240 e. The van der Waals surface area contributed by atoms with Gasteiger partial charge in [-0.1, -0.05) is 48.5 Å². The number of hydrogen-bond acceptors (Lipinski definition) is 4. The Morgan fingerprint density at radius 1 is 1.06 bits per heavy atom. The molecule has 2 aromatic rings. The second-order valence-corrected chi connectivity index (χ2v) is 9.65. The minimum Gasteiger partial charge on any atom is -0.355 e. The van der Waals surface area contributed by atoms with Crippen molar-refractivity contribution >= 4 is 40.0 Å². The second kappa shape index (κ2) is 13.1. The van der Waals surface area contributed by atoms with E-state index < -0.39 is 10.0 Å². The normalized spacial score (nSPS) is 19.8. The maximum absolute atomic E-state index is 12.3. The number of sulfonamides is 1. The molecule has 0 saturated carbocycles. The molecule has 0 aliphatic carbocycles. The van der Waals surface area contributed by atoms with Crippen LogP contribution in [0.2, 0.25) is 0 Å². The summed E-state index contributed by atoms with van der Waals surface area (Å²) in [5.74, 6) is 0.701. The molecule has 0 bridgehead atoms. The van der Waals surface area contributed by atoms with E-state index in [1.807, 2.05) is 6.07 Å². The maximum atomic E-state index is 12.3. The molecule has 0 radical (unpaired) electrons. The van der Waals surface area contributed by atoms with Crippen molar-refractivity contribution in [2.75, 3.05) is 26.7 Å². The average molecular weight is 572 g/mol. The summed E-state index contributed by atoms with van der Waals surface area (Å²) in [5, 5.41) is 6.69. The molecule has 1 saturated heterocycles. The standard InChI is InChI=1S/C23H33N5O2S.HI/c1-19-17-21(13-16-28(19)18-20-9-5-3-6-10-20)27-23(24-2)25-14-15-26-31(29,30)22-11-7-4-8-12-22;/h3-12,19,21,26H,13-18H2,1-2H3,(H2,24,25,27);1H. The molecule has 32 heavy (non-hydrogen) atoms. The monoisotopic (exact) mass is 571 g/mol. The maximum Gasteiger partial charge on any atom is 0.240 e. The van der Waals surface area contributed by atoms with Gasteiger partial charge in [-0.15, -0.1) is 24.0 Å². The van der Waals surface area contributed by atoms with Gasteiger partial charge in [-0.25, -0.2) is 13.1 Å². The van der Waals surface area contributed by atoms with Crippen molar-refractivity contribution in [2.24, 2.45) is 4.99 Å². The van der Waals surface area contributed by atoms with Crippen molar-refractivity contribution in [3.05, 3.63) is 66.2 Å². The molecular formula is C23H34IN5O2S. The van der Waals surface area contributed by atoms with E-state index in [0.717, 1.165) is 25.9 Å². The highest BCUT2D eigenvalue weighted by atomic mass is 127. The van der Waals surface area contributed by atoms with Crippen molar-refractivity contribution in [2.45, 2.75) is 43.3 Å². The molecule has 3 rings (SSSR count). The van der Waals surface area contributed by atoms with Gasteiger partial charge in [0.2, 0.25) is 10.0 Å². The van der Waals surface area contributed by atoms with E-state index in [0.29, 0.717) is 24.6 Å². The van der Waals surface area contributed by atoms with Gasteiger partial charge in [0, 0.05) is 45.3 Å². The van der Waals surface area contributed by atoms with E-state index in [4.69, 9.17) is 0 Å². The van der Waals surface area contributed by atoms with Crippen LogP contribution in [0, 0.1) is 0 Å². The lowest BCUT2D eigenvalue weighted by Crippen LogP contribution is -2.52. The Kier molecular flexibility index (Phi) is 10.9. The first-order valence-electron chi connectivity index (χ1n) is 10.8. The molecule has 2 aromatic carbocycles. The van der Waals surface area contributed by atoms with Crippen LogP contribution in [0.3, 0.4) is 0 Å². The van der Waals surface area contributed by atoms with E-state index in [2.05, 4.69) is 56.4 Å². The predicted octanol–water partition coefficient (Wildman–Crippen LogP) is 2.80. The largest absolute Gasteiger partial charge is 0.355 e. The summed E-state index contributed by atoms with van der Waals surface area (Å²) in [6.07, 6.45) is 2.08. The number of piperidine rings is 1. The molecule has 1 aliphatic rings. The number of hydrogen-bond donors (Lipinski definition) is 3. The summed E-state index contributed by atoms with van der Waals surface area (Å²) < 4.78 is 27.2. The SMILES string of the molecule is CN=C(NCCNS(=O)(=O)c1ccccc1)NC1CCN(Cc2ccccc2)C(C)C1.I. The fourth-order valence-corrected chi connectivity index (χ4v) is 4.89. The van der Waals surface area contributed by atoms with Crippen LogP contribution in [-0.4, -0.2) is 58.0 Å². The Morgan fingerprint density at radius 3 is 2.34 bits per heavy atom. The van der Waals surface area contributed by atoms with Crippen LogP contribution in [0.1, 0.15) is 25.3 Å². The lowest BCUT2D eigenvalue weighted by Gasteiger charge is -2.38. The van der Waals surface area contributed by atoms with Crippen molar-refractivity contribution < 1.29 is 8.42 Å². The zero-order valence-electron chi connectivity index (χ0n) is 18.7. The van der Waals surface area contributed by atoms with Gasteiger partial charge in [-0.2, -0.15) is 0 Å². The first kappa shape index (κ1) is 26.6. The number of guanidine groups is 1. The van der Waals surface area contributed by atoms with Gasteiger partial charge in [0.15, 0.2) is 5.96 Å². The molecule has 9 heteroatoms. The highest BCUT2D eigenvalue weighted by Crippen LogP contribution is 2.19. The van der Waals surface area contributed by atoms with Crippen LogP contribution in [0.15, 0.2) is 70.6 Å². The number of halogens is 1. The first-order chi connectivity index (χ1) is 15.0. The molecule has 7 nitrogen and oxygen atoms in total. The Balaban J connectivity index is 0.00000363. The molecule has 0 amide bonds. The summed E-state index contributed by atoms with van der Waals surface area (Å²) >= 11 is 0. The van der Waals surface area contributed by atoms with Gasteiger partial charge in [-0.05, 0) is 37.5 Å². The van der Waals surface area contributed by atoms with Crippen molar-refractivity contribution in [3.8, 4) is 0 Å². The first-order valence-corrected chi connectivity index (χ1v) is 12.3. The zero-order chi connectivity index (χ0) is 22.1. The van der Waals surface area contributed by atoms with Gasteiger partial charge in [0.05, 0.1) is 4.90 Å². The van der Waals surface area contributed by atoms with Gasteiger partial charge >= 0.3 is 0 Å². The van der Waals surface area contributed by atoms with Crippen molar-refractivity contribution in [1.82, 2.24) is 20.3 Å². The summed E-state index contributed by atoms with van der Waals surface area (Å²) in [5.41, 5.74) is 1.34. The fraction of sp³-hybridized carbons (Fsp3) is 0.435. The molecule has 176 valence electrons. The van der Waals surface area contributed by atoms with Crippen LogP contribution in [0.25, 0.3) is 0 Å². The number of likely N-dealkylation sites (tertiary alicyclic amines) is 1. The highest BCUT2D eigenvalue weighted by Gasteiger charge is 2.26. The van der Waals surface area contributed by atoms with Gasteiger partial charge in [0.25, 0.3) is 0 Å². The number of rotatable bonds is 8. The van der Waals surface area contributed by atoms with E-state index in [9.17, 15) is 8.42 Å². The minimum absolute atomic E-state index is 0. The molecule has 2 unspecified atom stereocenters.